The average Bonchev–Trinajstić information content (AvgIpc) is 2.82. The van der Waals surface area contributed by atoms with E-state index < -0.39 is 11.6 Å². The van der Waals surface area contributed by atoms with Gasteiger partial charge >= 0.3 is 5.69 Å². The maximum absolute atomic E-state index is 12.4. The molecule has 3 rings (SSSR count). The van der Waals surface area contributed by atoms with E-state index in [1.807, 2.05) is 26.0 Å². The number of aromatic nitrogens is 2. The number of aryl methyl sites for hydroxylation is 2. The number of hydrogen-bond acceptors (Lipinski definition) is 4. The Balaban J connectivity index is 1.88. The maximum Gasteiger partial charge on any atom is 0.333 e. The summed E-state index contributed by atoms with van der Waals surface area (Å²) >= 11 is 0. The molecule has 118 valence electrons. The molecule has 0 saturated heterocycles. The van der Waals surface area contributed by atoms with E-state index in [2.05, 4.69) is 4.98 Å². The third-order valence-electron chi connectivity index (χ3n) is 3.70. The number of carbonyl (C=O) groups is 1. The fourth-order valence-electron chi connectivity index (χ4n) is 2.37. The molecule has 6 nitrogen and oxygen atoms in total. The van der Waals surface area contributed by atoms with Gasteiger partial charge in [-0.05, 0) is 43.7 Å². The SMILES string of the molecule is Cc1ccc(OCC(=O)n2c(=O)[nH]c3cc(C)c(N)cc32)cc1. The zero-order valence-corrected chi connectivity index (χ0v) is 12.9. The second-order valence-electron chi connectivity index (χ2n) is 5.49. The second-order valence-corrected chi connectivity index (χ2v) is 5.49. The van der Waals surface area contributed by atoms with Crippen molar-refractivity contribution < 1.29 is 9.53 Å². The lowest BCUT2D eigenvalue weighted by atomic mass is 10.2. The number of anilines is 1. The minimum atomic E-state index is -0.498. The summed E-state index contributed by atoms with van der Waals surface area (Å²) < 4.78 is 6.50. The number of hydrogen-bond donors (Lipinski definition) is 2. The summed E-state index contributed by atoms with van der Waals surface area (Å²) in [7, 11) is 0. The molecule has 0 aliphatic rings. The van der Waals surface area contributed by atoms with Crippen LogP contribution in [0.4, 0.5) is 5.69 Å². The van der Waals surface area contributed by atoms with Gasteiger partial charge in [-0.2, -0.15) is 0 Å². The molecule has 0 amide bonds. The summed E-state index contributed by atoms with van der Waals surface area (Å²) in [6.45, 7) is 3.57. The molecule has 0 atom stereocenters. The van der Waals surface area contributed by atoms with E-state index in [0.717, 1.165) is 15.7 Å². The fraction of sp³-hybridized carbons (Fsp3) is 0.176. The number of ether oxygens (including phenoxy) is 1. The van der Waals surface area contributed by atoms with Gasteiger partial charge in [-0.3, -0.25) is 4.79 Å². The molecule has 3 aromatic rings. The van der Waals surface area contributed by atoms with Crippen molar-refractivity contribution in [2.75, 3.05) is 12.3 Å². The first-order valence-electron chi connectivity index (χ1n) is 7.19. The summed E-state index contributed by atoms with van der Waals surface area (Å²) in [5, 5.41) is 0. The first kappa shape index (κ1) is 14.9. The molecule has 0 aliphatic carbocycles. The van der Waals surface area contributed by atoms with Crippen molar-refractivity contribution in [3.8, 4) is 5.75 Å². The van der Waals surface area contributed by atoms with Crippen molar-refractivity contribution in [2.45, 2.75) is 13.8 Å². The van der Waals surface area contributed by atoms with E-state index in [0.29, 0.717) is 22.5 Å². The number of nitrogens with zero attached hydrogens (tertiary/aromatic N) is 1. The van der Waals surface area contributed by atoms with Gasteiger partial charge in [-0.25, -0.2) is 9.36 Å². The van der Waals surface area contributed by atoms with Crippen LogP contribution in [0.1, 0.15) is 15.9 Å². The van der Waals surface area contributed by atoms with Crippen LogP contribution in [0.15, 0.2) is 41.2 Å². The van der Waals surface area contributed by atoms with Crippen molar-refractivity contribution in [1.29, 1.82) is 0 Å². The highest BCUT2D eigenvalue weighted by Crippen LogP contribution is 2.19. The van der Waals surface area contributed by atoms with Gasteiger partial charge in [0.05, 0.1) is 11.0 Å². The summed E-state index contributed by atoms with van der Waals surface area (Å²) in [5.74, 6) is 0.122. The summed E-state index contributed by atoms with van der Waals surface area (Å²) in [6, 6.07) is 10.7. The number of carbonyl (C=O) groups excluding carboxylic acids is 1. The number of nitrogens with one attached hydrogen (secondary N) is 1. The Kier molecular flexibility index (Phi) is 3.65. The van der Waals surface area contributed by atoms with Crippen LogP contribution >= 0.6 is 0 Å². The van der Waals surface area contributed by atoms with Gasteiger partial charge < -0.3 is 15.5 Å². The van der Waals surface area contributed by atoms with E-state index in [9.17, 15) is 9.59 Å². The van der Waals surface area contributed by atoms with Crippen LogP contribution in [0.2, 0.25) is 0 Å². The van der Waals surface area contributed by atoms with Gasteiger partial charge in [0.15, 0.2) is 6.61 Å². The normalized spacial score (nSPS) is 10.9. The predicted molar refractivity (Wildman–Crippen MR) is 89.0 cm³/mol. The van der Waals surface area contributed by atoms with Crippen LogP contribution in [-0.2, 0) is 0 Å². The molecule has 3 N–H and O–H groups in total. The molecular formula is C17H17N3O3. The monoisotopic (exact) mass is 311 g/mol. The van der Waals surface area contributed by atoms with Gasteiger partial charge in [0.1, 0.15) is 5.75 Å². The Hall–Kier alpha value is -3.02. The molecule has 0 aliphatic heterocycles. The number of imidazole rings is 1. The van der Waals surface area contributed by atoms with E-state index >= 15 is 0 Å². The molecular weight excluding hydrogens is 294 g/mol. The molecule has 0 saturated carbocycles. The topological polar surface area (TPSA) is 90.1 Å². The van der Waals surface area contributed by atoms with Gasteiger partial charge in [-0.1, -0.05) is 17.7 Å². The highest BCUT2D eigenvalue weighted by molar-refractivity contribution is 5.92. The van der Waals surface area contributed by atoms with E-state index in [4.69, 9.17) is 10.5 Å². The van der Waals surface area contributed by atoms with Crippen LogP contribution < -0.4 is 16.2 Å². The standard InChI is InChI=1S/C17H17N3O3/c1-10-3-5-12(6-4-10)23-9-16(21)20-15-8-13(18)11(2)7-14(15)19-17(20)22/h3-8H,9,18H2,1-2H3,(H,19,22). The third kappa shape index (κ3) is 2.83. The van der Waals surface area contributed by atoms with Crippen molar-refractivity contribution >= 4 is 22.6 Å². The van der Waals surface area contributed by atoms with Gasteiger partial charge in [-0.15, -0.1) is 0 Å². The zero-order valence-electron chi connectivity index (χ0n) is 12.9. The molecule has 0 radical (unpaired) electrons. The lowest BCUT2D eigenvalue weighted by Gasteiger charge is -2.07. The van der Waals surface area contributed by atoms with Gasteiger partial charge in [0.2, 0.25) is 0 Å². The molecule has 1 aromatic heterocycles. The van der Waals surface area contributed by atoms with Crippen molar-refractivity contribution in [3.05, 3.63) is 58.0 Å². The number of nitrogen functional groups attached to an aromatic ring is 1. The Morgan fingerprint density at radius 1 is 1.22 bits per heavy atom. The van der Waals surface area contributed by atoms with Crippen molar-refractivity contribution in [1.82, 2.24) is 9.55 Å². The van der Waals surface area contributed by atoms with Crippen LogP contribution in [0.5, 0.6) is 5.75 Å². The first-order chi connectivity index (χ1) is 11.0. The number of benzene rings is 2. The smallest absolute Gasteiger partial charge is 0.333 e. The minimum Gasteiger partial charge on any atom is -0.484 e. The van der Waals surface area contributed by atoms with Gasteiger partial charge in [0.25, 0.3) is 5.91 Å². The molecule has 2 aromatic carbocycles. The Labute approximate surface area is 132 Å². The number of H-pyrrole nitrogens is 1. The molecule has 0 bridgehead atoms. The van der Waals surface area contributed by atoms with E-state index in [1.165, 1.54) is 0 Å². The molecule has 0 fully saturated rings. The van der Waals surface area contributed by atoms with E-state index in [1.54, 1.807) is 24.3 Å². The van der Waals surface area contributed by atoms with Crippen molar-refractivity contribution in [3.63, 3.8) is 0 Å². The lowest BCUT2D eigenvalue weighted by Crippen LogP contribution is -2.28. The summed E-state index contributed by atoms with van der Waals surface area (Å²) in [5.41, 5.74) is 8.87. The fourth-order valence-corrected chi connectivity index (χ4v) is 2.37. The molecule has 23 heavy (non-hydrogen) atoms. The average molecular weight is 311 g/mol. The Morgan fingerprint density at radius 3 is 2.61 bits per heavy atom. The summed E-state index contributed by atoms with van der Waals surface area (Å²) in [6.07, 6.45) is 0. The zero-order chi connectivity index (χ0) is 16.6. The third-order valence-corrected chi connectivity index (χ3v) is 3.70. The van der Waals surface area contributed by atoms with Crippen molar-refractivity contribution in [2.24, 2.45) is 0 Å². The lowest BCUT2D eigenvalue weighted by molar-refractivity contribution is 0.0839. The molecule has 1 heterocycles. The Morgan fingerprint density at radius 2 is 1.91 bits per heavy atom. The summed E-state index contributed by atoms with van der Waals surface area (Å²) in [4.78, 5) is 27.1. The quantitative estimate of drug-likeness (QED) is 0.726. The molecule has 0 unspecified atom stereocenters. The minimum absolute atomic E-state index is 0.232. The largest absolute Gasteiger partial charge is 0.484 e. The highest BCUT2D eigenvalue weighted by atomic mass is 16.5. The number of aromatic amines is 1. The second kappa shape index (κ2) is 5.64. The molecule has 6 heteroatoms. The number of fused-ring (bicyclic) bond motifs is 1. The van der Waals surface area contributed by atoms with Crippen LogP contribution in [-0.4, -0.2) is 22.1 Å². The highest BCUT2D eigenvalue weighted by Gasteiger charge is 2.15. The molecule has 0 spiro atoms. The van der Waals surface area contributed by atoms with Crippen LogP contribution in [0, 0.1) is 13.8 Å². The van der Waals surface area contributed by atoms with Crippen LogP contribution in [0.25, 0.3) is 11.0 Å². The Bertz CT molecular complexity index is 936. The number of nitrogens with two attached hydrogens (primary N) is 1. The van der Waals surface area contributed by atoms with Gasteiger partial charge in [0, 0.05) is 5.69 Å². The van der Waals surface area contributed by atoms with E-state index in [-0.39, 0.29) is 6.61 Å². The van der Waals surface area contributed by atoms with Crippen LogP contribution in [0.3, 0.4) is 0 Å². The predicted octanol–water partition coefficient (Wildman–Crippen LogP) is 2.25. The number of rotatable bonds is 3. The first-order valence-corrected chi connectivity index (χ1v) is 7.19. The maximum atomic E-state index is 12.4.